The number of nitrogens with one attached hydrogen (secondary N) is 1. The van der Waals surface area contributed by atoms with E-state index in [-0.39, 0.29) is 5.91 Å². The number of aromatic nitrogens is 1. The van der Waals surface area contributed by atoms with E-state index in [1.165, 1.54) is 17.3 Å². The summed E-state index contributed by atoms with van der Waals surface area (Å²) >= 11 is 1.35. The lowest BCUT2D eigenvalue weighted by Crippen LogP contribution is -2.19. The highest BCUT2D eigenvalue weighted by molar-refractivity contribution is 8.18. The number of thioether (sulfide) groups is 1. The van der Waals surface area contributed by atoms with Crippen LogP contribution in [0.3, 0.4) is 0 Å². The Labute approximate surface area is 193 Å². The molecule has 0 bridgehead atoms. The van der Waals surface area contributed by atoms with Gasteiger partial charge in [0.2, 0.25) is 0 Å². The van der Waals surface area contributed by atoms with Crippen molar-refractivity contribution in [1.29, 1.82) is 0 Å². The zero-order chi connectivity index (χ0) is 22.8. The molecule has 2 aromatic carbocycles. The number of benzene rings is 2. The number of hydrogen-bond donors (Lipinski definition) is 1. The first-order valence-corrected chi connectivity index (χ1v) is 11.4. The Morgan fingerprint density at radius 3 is 2.38 bits per heavy atom. The van der Waals surface area contributed by atoms with E-state index in [0.717, 1.165) is 34.1 Å². The van der Waals surface area contributed by atoms with E-state index in [0.29, 0.717) is 16.0 Å². The normalized spacial score (nSPS) is 16.2. The van der Waals surface area contributed by atoms with Gasteiger partial charge in [-0.2, -0.15) is 0 Å². The summed E-state index contributed by atoms with van der Waals surface area (Å²) in [5.74, 6) is 1.14. The first kappa shape index (κ1) is 22.0. The molecule has 0 aliphatic carbocycles. The van der Waals surface area contributed by atoms with Crippen molar-refractivity contribution in [3.05, 3.63) is 82.0 Å². The van der Waals surface area contributed by atoms with Crippen molar-refractivity contribution in [2.75, 3.05) is 7.11 Å². The zero-order valence-corrected chi connectivity index (χ0v) is 19.8. The molecule has 1 N–H and O–H groups in total. The van der Waals surface area contributed by atoms with E-state index in [9.17, 15) is 4.79 Å². The van der Waals surface area contributed by atoms with Gasteiger partial charge in [-0.25, -0.2) is 4.99 Å². The van der Waals surface area contributed by atoms with E-state index in [4.69, 9.17) is 4.74 Å². The molecule has 0 unspecified atom stereocenters. The predicted octanol–water partition coefficient (Wildman–Crippen LogP) is 6.12. The van der Waals surface area contributed by atoms with Crippen LogP contribution in [0.15, 0.2) is 64.5 Å². The summed E-state index contributed by atoms with van der Waals surface area (Å²) in [5.41, 5.74) is 6.46. The number of nitrogens with zero attached hydrogens (tertiary/aromatic N) is 2. The van der Waals surface area contributed by atoms with E-state index >= 15 is 0 Å². The number of amidine groups is 1. The molecule has 1 aliphatic heterocycles. The molecule has 0 atom stereocenters. The van der Waals surface area contributed by atoms with Crippen LogP contribution in [0.4, 0.5) is 5.69 Å². The Kier molecular flexibility index (Phi) is 6.24. The van der Waals surface area contributed by atoms with Gasteiger partial charge >= 0.3 is 0 Å². The standard InChI is InChI=1S/C26H27N3O2S/c1-16(2)19-6-10-22(11-7-19)29-17(3)14-20(18(29)4)15-24-25(30)28-26(32-24)27-21-8-12-23(31-5)13-9-21/h6-16H,1-5H3,(H,27,28,30)/b24-15+. The van der Waals surface area contributed by atoms with Crippen LogP contribution in [0, 0.1) is 13.8 Å². The molecule has 1 amide bonds. The number of rotatable bonds is 5. The third-order valence-electron chi connectivity index (χ3n) is 5.53. The number of ether oxygens (including phenoxy) is 1. The van der Waals surface area contributed by atoms with Crippen molar-refractivity contribution in [2.24, 2.45) is 4.99 Å². The van der Waals surface area contributed by atoms with Crippen molar-refractivity contribution in [3.8, 4) is 11.4 Å². The fourth-order valence-electron chi connectivity index (χ4n) is 3.74. The highest BCUT2D eigenvalue weighted by atomic mass is 32.2. The molecule has 1 aliphatic rings. The summed E-state index contributed by atoms with van der Waals surface area (Å²) in [4.78, 5) is 17.7. The topological polar surface area (TPSA) is 55.6 Å². The molecule has 1 fully saturated rings. The largest absolute Gasteiger partial charge is 0.497 e. The van der Waals surface area contributed by atoms with Gasteiger partial charge in [0.1, 0.15) is 5.75 Å². The second-order valence-electron chi connectivity index (χ2n) is 8.09. The predicted molar refractivity (Wildman–Crippen MR) is 133 cm³/mol. The molecular weight excluding hydrogens is 418 g/mol. The molecule has 32 heavy (non-hydrogen) atoms. The average molecular weight is 446 g/mol. The second kappa shape index (κ2) is 9.09. The van der Waals surface area contributed by atoms with E-state index in [2.05, 4.69) is 72.9 Å². The number of carbonyl (C=O) groups is 1. The quantitative estimate of drug-likeness (QED) is 0.482. The van der Waals surface area contributed by atoms with Gasteiger partial charge in [-0.15, -0.1) is 0 Å². The van der Waals surface area contributed by atoms with Crippen molar-refractivity contribution < 1.29 is 9.53 Å². The average Bonchev–Trinajstić information content (AvgIpc) is 3.26. The van der Waals surface area contributed by atoms with Crippen molar-refractivity contribution in [2.45, 2.75) is 33.6 Å². The molecule has 1 aromatic heterocycles. The number of aryl methyl sites for hydroxylation is 1. The minimum atomic E-state index is -0.131. The Morgan fingerprint density at radius 1 is 1.06 bits per heavy atom. The summed E-state index contributed by atoms with van der Waals surface area (Å²) < 4.78 is 7.40. The molecule has 2 heterocycles. The summed E-state index contributed by atoms with van der Waals surface area (Å²) in [6, 6.07) is 18.2. The lowest BCUT2D eigenvalue weighted by molar-refractivity contribution is -0.115. The van der Waals surface area contributed by atoms with Gasteiger partial charge in [-0.3, -0.25) is 4.79 Å². The molecule has 1 saturated heterocycles. The lowest BCUT2D eigenvalue weighted by Gasteiger charge is -2.12. The molecule has 3 aromatic rings. The number of methoxy groups -OCH3 is 1. The molecule has 164 valence electrons. The monoisotopic (exact) mass is 445 g/mol. The van der Waals surface area contributed by atoms with Gasteiger partial charge in [0.15, 0.2) is 5.17 Å². The van der Waals surface area contributed by atoms with Gasteiger partial charge < -0.3 is 14.6 Å². The highest BCUT2D eigenvalue weighted by Crippen LogP contribution is 2.31. The van der Waals surface area contributed by atoms with Gasteiger partial charge in [-0.1, -0.05) is 26.0 Å². The third-order valence-corrected chi connectivity index (χ3v) is 6.44. The molecule has 6 heteroatoms. The summed E-state index contributed by atoms with van der Waals surface area (Å²) in [5, 5.41) is 3.43. The van der Waals surface area contributed by atoms with Crippen LogP contribution in [0.25, 0.3) is 11.8 Å². The zero-order valence-electron chi connectivity index (χ0n) is 19.0. The Hall–Kier alpha value is -3.25. The Morgan fingerprint density at radius 2 is 1.75 bits per heavy atom. The van der Waals surface area contributed by atoms with Crippen LogP contribution in [-0.4, -0.2) is 22.8 Å². The molecule has 4 rings (SSSR count). The van der Waals surface area contributed by atoms with Gasteiger partial charge in [0.25, 0.3) is 5.91 Å². The smallest absolute Gasteiger partial charge is 0.264 e. The Bertz CT molecular complexity index is 1200. The molecule has 0 spiro atoms. The SMILES string of the molecule is COc1ccc(N=C2NC(=O)/C(=C\c3cc(C)n(-c4ccc(C(C)C)cc4)c3C)S2)cc1. The second-order valence-corrected chi connectivity index (χ2v) is 9.12. The number of carbonyl (C=O) groups excluding carboxylic acids is 1. The lowest BCUT2D eigenvalue weighted by atomic mass is 10.0. The van der Waals surface area contributed by atoms with E-state index in [1.54, 1.807) is 7.11 Å². The number of aliphatic imine (C=N–C) groups is 1. The van der Waals surface area contributed by atoms with Crippen LogP contribution < -0.4 is 10.1 Å². The number of amides is 1. The molecule has 0 saturated carbocycles. The fourth-order valence-corrected chi connectivity index (χ4v) is 4.57. The van der Waals surface area contributed by atoms with Crippen molar-refractivity contribution >= 4 is 34.6 Å². The van der Waals surface area contributed by atoms with Crippen molar-refractivity contribution in [3.63, 3.8) is 0 Å². The highest BCUT2D eigenvalue weighted by Gasteiger charge is 2.24. The van der Waals surface area contributed by atoms with Crippen LogP contribution in [-0.2, 0) is 4.79 Å². The van der Waals surface area contributed by atoms with Gasteiger partial charge in [0.05, 0.1) is 17.7 Å². The van der Waals surface area contributed by atoms with Gasteiger partial charge in [-0.05, 0) is 91.2 Å². The van der Waals surface area contributed by atoms with Crippen molar-refractivity contribution in [1.82, 2.24) is 9.88 Å². The summed E-state index contributed by atoms with van der Waals surface area (Å²) in [6.45, 7) is 8.56. The summed E-state index contributed by atoms with van der Waals surface area (Å²) in [6.07, 6.45) is 1.94. The fraction of sp³-hybridized carbons (Fsp3) is 0.231. The number of hydrogen-bond acceptors (Lipinski definition) is 4. The molecule has 5 nitrogen and oxygen atoms in total. The van der Waals surface area contributed by atoms with Crippen LogP contribution in [0.1, 0.15) is 42.3 Å². The minimum Gasteiger partial charge on any atom is -0.497 e. The van der Waals surface area contributed by atoms with E-state index in [1.807, 2.05) is 30.3 Å². The van der Waals surface area contributed by atoms with Crippen LogP contribution >= 0.6 is 11.8 Å². The first-order chi connectivity index (χ1) is 15.4. The summed E-state index contributed by atoms with van der Waals surface area (Å²) in [7, 11) is 1.63. The van der Waals surface area contributed by atoms with Gasteiger partial charge in [0, 0.05) is 17.1 Å². The third kappa shape index (κ3) is 4.50. The van der Waals surface area contributed by atoms with Crippen LogP contribution in [0.5, 0.6) is 5.75 Å². The molecular formula is C26H27N3O2S. The minimum absolute atomic E-state index is 0.131. The van der Waals surface area contributed by atoms with E-state index < -0.39 is 0 Å². The van der Waals surface area contributed by atoms with Crippen LogP contribution in [0.2, 0.25) is 0 Å². The maximum atomic E-state index is 12.5. The molecule has 0 radical (unpaired) electrons. The Balaban J connectivity index is 1.59. The maximum Gasteiger partial charge on any atom is 0.264 e. The first-order valence-electron chi connectivity index (χ1n) is 10.6. The maximum absolute atomic E-state index is 12.5.